The van der Waals surface area contributed by atoms with Gasteiger partial charge >= 0.3 is 7.82 Å². The monoisotopic (exact) mass is 424 g/mol. The summed E-state index contributed by atoms with van der Waals surface area (Å²) in [5.41, 5.74) is 0. The third-order valence-corrected chi connectivity index (χ3v) is 5.66. The second-order valence-electron chi connectivity index (χ2n) is 8.65. The highest BCUT2D eigenvalue weighted by molar-refractivity contribution is 7.47. The van der Waals surface area contributed by atoms with Crippen molar-refractivity contribution in [1.29, 1.82) is 0 Å². The normalized spacial score (nSPS) is 14.3. The maximum Gasteiger partial charge on any atom is 0.472 e. The van der Waals surface area contributed by atoms with Crippen LogP contribution in [0.3, 0.4) is 0 Å². The Balaban J connectivity index is 3.29. The second kappa shape index (κ2) is 17.9. The van der Waals surface area contributed by atoms with Crippen molar-refractivity contribution in [2.24, 2.45) is 0 Å². The fourth-order valence-corrected chi connectivity index (χ4v) is 3.52. The Labute approximate surface area is 174 Å². The van der Waals surface area contributed by atoms with Gasteiger partial charge in [-0.1, -0.05) is 77.6 Å². The predicted octanol–water partition coefficient (Wildman–Crippen LogP) is 5.54. The zero-order valence-electron chi connectivity index (χ0n) is 19.0. The fourth-order valence-electron chi connectivity index (χ4n) is 2.83. The Morgan fingerprint density at radius 2 is 1.14 bits per heavy atom. The zero-order chi connectivity index (χ0) is 21.1. The number of nitrogens with zero attached hydrogens (tertiary/aromatic N) is 1. The molecule has 1 atom stereocenters. The van der Waals surface area contributed by atoms with Gasteiger partial charge in [0.15, 0.2) is 0 Å². The van der Waals surface area contributed by atoms with E-state index in [-0.39, 0.29) is 13.2 Å². The SMILES string of the molecule is CCCCCCCCCCCCCCOCCOP(=O)(O)OCC[N+](C)(C)C. The predicted molar refractivity (Wildman–Crippen MR) is 117 cm³/mol. The first kappa shape index (κ1) is 28.0. The second-order valence-corrected chi connectivity index (χ2v) is 10.1. The van der Waals surface area contributed by atoms with E-state index < -0.39 is 7.82 Å². The molecule has 0 saturated heterocycles. The van der Waals surface area contributed by atoms with Gasteiger partial charge in [-0.3, -0.25) is 9.05 Å². The zero-order valence-corrected chi connectivity index (χ0v) is 19.9. The maximum atomic E-state index is 11.7. The lowest BCUT2D eigenvalue weighted by Crippen LogP contribution is -2.37. The molecule has 0 radical (unpaired) electrons. The van der Waals surface area contributed by atoms with Crippen molar-refractivity contribution in [3.63, 3.8) is 0 Å². The molecular formula is C21H47NO5P+. The van der Waals surface area contributed by atoms with Crippen molar-refractivity contribution in [3.05, 3.63) is 0 Å². The number of hydrogen-bond acceptors (Lipinski definition) is 4. The molecule has 0 aliphatic heterocycles. The molecule has 0 amide bonds. The molecule has 0 spiro atoms. The molecule has 28 heavy (non-hydrogen) atoms. The summed E-state index contributed by atoms with van der Waals surface area (Å²) in [7, 11) is 2.03. The molecule has 0 fully saturated rings. The summed E-state index contributed by atoms with van der Waals surface area (Å²) in [6.07, 6.45) is 15.8. The van der Waals surface area contributed by atoms with E-state index in [1.165, 1.54) is 70.6 Å². The van der Waals surface area contributed by atoms with E-state index in [2.05, 4.69) is 6.92 Å². The third-order valence-electron chi connectivity index (χ3n) is 4.64. The van der Waals surface area contributed by atoms with Crippen molar-refractivity contribution < 1.29 is 27.7 Å². The number of rotatable bonds is 21. The molecule has 6 nitrogen and oxygen atoms in total. The Bertz CT molecular complexity index is 387. The van der Waals surface area contributed by atoms with Crippen molar-refractivity contribution in [3.8, 4) is 0 Å². The first-order chi connectivity index (χ1) is 13.3. The van der Waals surface area contributed by atoms with Crippen LogP contribution in [0.15, 0.2) is 0 Å². The lowest BCUT2D eigenvalue weighted by atomic mass is 10.1. The molecule has 0 aromatic heterocycles. The van der Waals surface area contributed by atoms with Crippen LogP contribution in [0.1, 0.15) is 84.0 Å². The highest BCUT2D eigenvalue weighted by Crippen LogP contribution is 2.42. The number of phosphoric ester groups is 1. The largest absolute Gasteiger partial charge is 0.472 e. The van der Waals surface area contributed by atoms with Crippen LogP contribution in [0.2, 0.25) is 0 Å². The molecular weight excluding hydrogens is 377 g/mol. The number of unbranched alkanes of at least 4 members (excludes halogenated alkanes) is 11. The van der Waals surface area contributed by atoms with Crippen molar-refractivity contribution in [2.45, 2.75) is 84.0 Å². The van der Waals surface area contributed by atoms with E-state index in [4.69, 9.17) is 13.8 Å². The van der Waals surface area contributed by atoms with Crippen LogP contribution in [0.25, 0.3) is 0 Å². The molecule has 0 aliphatic carbocycles. The third kappa shape index (κ3) is 22.3. The van der Waals surface area contributed by atoms with E-state index in [0.717, 1.165) is 6.42 Å². The highest BCUT2D eigenvalue weighted by atomic mass is 31.2. The minimum absolute atomic E-state index is 0.0798. The molecule has 1 unspecified atom stereocenters. The fraction of sp³-hybridized carbons (Fsp3) is 1.00. The number of hydrogen-bond donors (Lipinski definition) is 1. The van der Waals surface area contributed by atoms with Crippen molar-refractivity contribution >= 4 is 7.82 Å². The van der Waals surface area contributed by atoms with Crippen LogP contribution in [-0.4, -0.2) is 63.5 Å². The molecule has 0 aliphatic rings. The summed E-state index contributed by atoms with van der Waals surface area (Å²) in [5, 5.41) is 0. The summed E-state index contributed by atoms with van der Waals surface area (Å²) in [6, 6.07) is 0. The van der Waals surface area contributed by atoms with E-state index in [1.807, 2.05) is 21.1 Å². The van der Waals surface area contributed by atoms with E-state index in [1.54, 1.807) is 0 Å². The molecule has 0 saturated carbocycles. The van der Waals surface area contributed by atoms with Crippen molar-refractivity contribution in [2.75, 3.05) is 54.1 Å². The molecule has 1 N–H and O–H groups in total. The van der Waals surface area contributed by atoms with Crippen LogP contribution in [-0.2, 0) is 18.3 Å². The summed E-state index contributed by atoms with van der Waals surface area (Å²) >= 11 is 0. The van der Waals surface area contributed by atoms with E-state index >= 15 is 0 Å². The molecule has 0 aromatic carbocycles. The smallest absolute Gasteiger partial charge is 0.379 e. The first-order valence-electron chi connectivity index (χ1n) is 11.3. The van der Waals surface area contributed by atoms with Gasteiger partial charge in [-0.15, -0.1) is 0 Å². The van der Waals surface area contributed by atoms with Crippen molar-refractivity contribution in [1.82, 2.24) is 0 Å². The first-order valence-corrected chi connectivity index (χ1v) is 12.8. The Hall–Kier alpha value is 0.0300. The Morgan fingerprint density at radius 1 is 0.679 bits per heavy atom. The number of phosphoric acid groups is 1. The summed E-state index contributed by atoms with van der Waals surface area (Å²) in [5.74, 6) is 0. The van der Waals surface area contributed by atoms with Gasteiger partial charge in [0.1, 0.15) is 13.2 Å². The standard InChI is InChI=1S/C21H46NO5P/c1-5-6-7-8-9-10-11-12-13-14-15-16-18-25-20-21-27-28(23,24)26-19-17-22(2,3)4/h5-21H2,1-4H3/p+1. The summed E-state index contributed by atoms with van der Waals surface area (Å²) < 4.78 is 27.7. The van der Waals surface area contributed by atoms with Gasteiger partial charge in [0.2, 0.25) is 0 Å². The van der Waals surface area contributed by atoms with Crippen LogP contribution in [0.5, 0.6) is 0 Å². The van der Waals surface area contributed by atoms with Gasteiger partial charge in [0.05, 0.1) is 34.4 Å². The van der Waals surface area contributed by atoms with Gasteiger partial charge in [0, 0.05) is 6.61 Å². The minimum Gasteiger partial charge on any atom is -0.379 e. The van der Waals surface area contributed by atoms with Gasteiger partial charge in [-0.2, -0.15) is 0 Å². The van der Waals surface area contributed by atoms with Gasteiger partial charge in [-0.25, -0.2) is 4.57 Å². The van der Waals surface area contributed by atoms with Crippen LogP contribution in [0.4, 0.5) is 0 Å². The number of ether oxygens (including phenoxy) is 1. The number of likely N-dealkylation sites (N-methyl/N-ethyl adjacent to an activating group) is 1. The quantitative estimate of drug-likeness (QED) is 0.149. The maximum absolute atomic E-state index is 11.7. The Kier molecular flexibility index (Phi) is 17.9. The van der Waals surface area contributed by atoms with Gasteiger partial charge in [-0.05, 0) is 6.42 Å². The molecule has 0 heterocycles. The molecule has 0 rings (SSSR count). The lowest BCUT2D eigenvalue weighted by Gasteiger charge is -2.24. The topological polar surface area (TPSA) is 65.0 Å². The van der Waals surface area contributed by atoms with E-state index in [0.29, 0.717) is 24.2 Å². The van der Waals surface area contributed by atoms with Crippen LogP contribution < -0.4 is 0 Å². The highest BCUT2D eigenvalue weighted by Gasteiger charge is 2.22. The van der Waals surface area contributed by atoms with Gasteiger partial charge < -0.3 is 14.1 Å². The molecule has 0 aromatic rings. The lowest BCUT2D eigenvalue weighted by molar-refractivity contribution is -0.870. The van der Waals surface area contributed by atoms with Crippen LogP contribution >= 0.6 is 7.82 Å². The summed E-state index contributed by atoms with van der Waals surface area (Å²) in [6.45, 7) is 4.17. The van der Waals surface area contributed by atoms with E-state index in [9.17, 15) is 9.46 Å². The molecule has 0 bridgehead atoms. The molecule has 170 valence electrons. The summed E-state index contributed by atoms with van der Waals surface area (Å²) in [4.78, 5) is 9.58. The Morgan fingerprint density at radius 3 is 1.64 bits per heavy atom. The molecule has 7 heteroatoms. The van der Waals surface area contributed by atoms with Gasteiger partial charge in [0.25, 0.3) is 0 Å². The average molecular weight is 425 g/mol. The minimum atomic E-state index is -3.96. The van der Waals surface area contributed by atoms with Crippen LogP contribution in [0, 0.1) is 0 Å². The number of quaternary nitrogens is 1. The average Bonchev–Trinajstić information content (AvgIpc) is 2.60.